The highest BCUT2D eigenvalue weighted by Gasteiger charge is 2.48. The molecule has 0 N–H and O–H groups in total. The van der Waals surface area contributed by atoms with Crippen LogP contribution in [0.25, 0.3) is 0 Å². The molecule has 1 aliphatic heterocycles. The van der Waals surface area contributed by atoms with Crippen molar-refractivity contribution in [2.75, 3.05) is 7.11 Å². The van der Waals surface area contributed by atoms with Crippen LogP contribution in [0.2, 0.25) is 0 Å². The predicted octanol–water partition coefficient (Wildman–Crippen LogP) is 3.82. The van der Waals surface area contributed by atoms with Gasteiger partial charge in [0, 0.05) is 12.5 Å². The maximum absolute atomic E-state index is 12.3. The second-order valence-electron chi connectivity index (χ2n) is 5.25. The molecule has 1 amide bonds. The van der Waals surface area contributed by atoms with E-state index in [0.29, 0.717) is 6.54 Å². The summed E-state index contributed by atoms with van der Waals surface area (Å²) in [5, 5.41) is 0. The molecule has 3 nitrogen and oxygen atoms in total. The van der Waals surface area contributed by atoms with Crippen LogP contribution in [0.5, 0.6) is 5.75 Å². The Morgan fingerprint density at radius 3 is 2.60 bits per heavy atom. The number of carbonyl (C=O) groups excluding carboxylic acids is 1. The summed E-state index contributed by atoms with van der Waals surface area (Å²) in [7, 11) is 1.66. The van der Waals surface area contributed by atoms with Gasteiger partial charge in [-0.3, -0.25) is 4.79 Å². The number of hydrogen-bond acceptors (Lipinski definition) is 2. The van der Waals surface area contributed by atoms with Crippen molar-refractivity contribution in [1.29, 1.82) is 0 Å². The highest BCUT2D eigenvalue weighted by Crippen LogP contribution is 2.46. The lowest BCUT2D eigenvalue weighted by Gasteiger charge is -2.29. The Morgan fingerprint density at radius 1 is 1.35 bits per heavy atom. The third kappa shape index (κ3) is 2.42. The van der Waals surface area contributed by atoms with E-state index in [4.69, 9.17) is 4.74 Å². The minimum Gasteiger partial charge on any atom is -0.497 e. The van der Waals surface area contributed by atoms with Gasteiger partial charge in [-0.05, 0) is 68.0 Å². The smallest absolute Gasteiger partial charge is 0.226 e. The number of halogens is 2. The number of benzene rings is 1. The van der Waals surface area contributed by atoms with Crippen molar-refractivity contribution in [3.63, 3.8) is 0 Å². The van der Waals surface area contributed by atoms with Crippen LogP contribution >= 0.6 is 31.9 Å². The number of ether oxygens (including phenoxy) is 1. The van der Waals surface area contributed by atoms with E-state index in [1.54, 1.807) is 7.11 Å². The number of amides is 1. The number of hydrogen-bond donors (Lipinski definition) is 0. The van der Waals surface area contributed by atoms with E-state index in [0.717, 1.165) is 27.5 Å². The highest BCUT2D eigenvalue weighted by molar-refractivity contribution is 9.28. The molecule has 2 bridgehead atoms. The predicted molar refractivity (Wildman–Crippen MR) is 84.9 cm³/mol. The molecule has 2 aliphatic rings. The second-order valence-corrected chi connectivity index (χ2v) is 7.90. The normalized spacial score (nSPS) is 24.4. The van der Waals surface area contributed by atoms with E-state index < -0.39 is 0 Å². The van der Waals surface area contributed by atoms with Gasteiger partial charge in [0.2, 0.25) is 5.91 Å². The standard InChI is InChI=1S/C15H15Br2NO2/c1-20-11-4-2-9(3-5-11)8-18-13-7-10(15(18)19)6-12(13)14(16)17/h2-5,10,13H,6-8H2,1H3/t10-,13-/m0/s1. The Balaban J connectivity index is 1.80. The first kappa shape index (κ1) is 14.1. The quantitative estimate of drug-likeness (QED) is 0.771. The fraction of sp³-hybridized carbons (Fsp3) is 0.400. The number of rotatable bonds is 3. The third-order valence-corrected chi connectivity index (χ3v) is 5.16. The van der Waals surface area contributed by atoms with Crippen LogP contribution in [-0.2, 0) is 11.3 Å². The third-order valence-electron chi connectivity index (χ3n) is 4.14. The zero-order chi connectivity index (χ0) is 14.3. The first-order chi connectivity index (χ1) is 9.60. The van der Waals surface area contributed by atoms with Gasteiger partial charge in [0.25, 0.3) is 0 Å². The summed E-state index contributed by atoms with van der Waals surface area (Å²) in [4.78, 5) is 14.3. The van der Waals surface area contributed by atoms with Gasteiger partial charge in [-0.1, -0.05) is 12.1 Å². The number of nitrogens with zero attached hydrogens (tertiary/aromatic N) is 1. The first-order valence-corrected chi connectivity index (χ1v) is 8.16. The molecule has 5 heteroatoms. The number of piperidine rings is 1. The molecule has 1 aromatic carbocycles. The summed E-state index contributed by atoms with van der Waals surface area (Å²) in [6.45, 7) is 0.667. The number of methoxy groups -OCH3 is 1. The molecule has 1 aliphatic carbocycles. The SMILES string of the molecule is COc1ccc(CN2C(=O)[C@H]3CC(=C(Br)Br)[C@@H]2C3)cc1. The monoisotopic (exact) mass is 399 g/mol. The first-order valence-electron chi connectivity index (χ1n) is 6.57. The molecule has 0 unspecified atom stereocenters. The average Bonchev–Trinajstić information content (AvgIpc) is 3.00. The molecule has 1 saturated heterocycles. The van der Waals surface area contributed by atoms with Gasteiger partial charge in [0.05, 0.1) is 16.5 Å². The van der Waals surface area contributed by atoms with Gasteiger partial charge in [-0.2, -0.15) is 0 Å². The van der Waals surface area contributed by atoms with Crippen molar-refractivity contribution in [3.05, 3.63) is 38.8 Å². The lowest BCUT2D eigenvalue weighted by Crippen LogP contribution is -2.37. The van der Waals surface area contributed by atoms with Crippen molar-refractivity contribution in [2.45, 2.75) is 25.4 Å². The molecule has 20 heavy (non-hydrogen) atoms. The summed E-state index contributed by atoms with van der Waals surface area (Å²) in [6, 6.07) is 8.15. The number of likely N-dealkylation sites (tertiary alicyclic amines) is 1. The lowest BCUT2D eigenvalue weighted by atomic mass is 10.0. The van der Waals surface area contributed by atoms with Crippen LogP contribution in [0.15, 0.2) is 33.2 Å². The fourth-order valence-electron chi connectivity index (χ4n) is 3.11. The van der Waals surface area contributed by atoms with Crippen LogP contribution in [0.3, 0.4) is 0 Å². The second kappa shape index (κ2) is 5.53. The summed E-state index contributed by atoms with van der Waals surface area (Å²) in [6.07, 6.45) is 1.83. The van der Waals surface area contributed by atoms with Crippen molar-refractivity contribution in [1.82, 2.24) is 4.90 Å². The molecule has 2 atom stereocenters. The van der Waals surface area contributed by atoms with Gasteiger partial charge in [0.1, 0.15) is 5.75 Å². The average molecular weight is 401 g/mol. The maximum Gasteiger partial charge on any atom is 0.226 e. The van der Waals surface area contributed by atoms with E-state index in [1.165, 1.54) is 5.57 Å². The molecule has 1 heterocycles. The van der Waals surface area contributed by atoms with Crippen molar-refractivity contribution in [2.24, 2.45) is 5.92 Å². The van der Waals surface area contributed by atoms with E-state index in [-0.39, 0.29) is 17.9 Å². The van der Waals surface area contributed by atoms with Crippen molar-refractivity contribution in [3.8, 4) is 5.75 Å². The molecule has 0 aromatic heterocycles. The highest BCUT2D eigenvalue weighted by atomic mass is 79.9. The maximum atomic E-state index is 12.3. The molecule has 0 radical (unpaired) electrons. The Bertz CT molecular complexity index is 564. The van der Waals surface area contributed by atoms with Gasteiger partial charge in [-0.25, -0.2) is 0 Å². The largest absolute Gasteiger partial charge is 0.497 e. The minimum absolute atomic E-state index is 0.165. The van der Waals surface area contributed by atoms with Gasteiger partial charge in [-0.15, -0.1) is 0 Å². The molecule has 1 aromatic rings. The Morgan fingerprint density at radius 2 is 2.05 bits per heavy atom. The lowest BCUT2D eigenvalue weighted by molar-refractivity contribution is -0.133. The van der Waals surface area contributed by atoms with Crippen LogP contribution in [0, 0.1) is 5.92 Å². The van der Waals surface area contributed by atoms with Gasteiger partial charge in [0.15, 0.2) is 0 Å². The van der Waals surface area contributed by atoms with E-state index >= 15 is 0 Å². The summed E-state index contributed by atoms with van der Waals surface area (Å²) >= 11 is 6.99. The number of fused-ring (bicyclic) bond motifs is 2. The molecule has 1 saturated carbocycles. The van der Waals surface area contributed by atoms with Gasteiger partial charge >= 0.3 is 0 Å². The van der Waals surface area contributed by atoms with E-state index in [9.17, 15) is 4.79 Å². The fourth-order valence-corrected chi connectivity index (χ4v) is 3.96. The molecule has 106 valence electrons. The van der Waals surface area contributed by atoms with E-state index in [2.05, 4.69) is 31.9 Å². The van der Waals surface area contributed by atoms with Gasteiger partial charge < -0.3 is 9.64 Å². The topological polar surface area (TPSA) is 29.5 Å². The van der Waals surface area contributed by atoms with Crippen LogP contribution in [0.4, 0.5) is 0 Å². The van der Waals surface area contributed by atoms with E-state index in [1.807, 2.05) is 29.2 Å². The zero-order valence-electron chi connectivity index (χ0n) is 11.1. The summed E-state index contributed by atoms with van der Waals surface area (Å²) in [5.41, 5.74) is 2.44. The summed E-state index contributed by atoms with van der Waals surface area (Å²) < 4.78 is 6.16. The summed E-state index contributed by atoms with van der Waals surface area (Å²) in [5.74, 6) is 1.29. The van der Waals surface area contributed by atoms with Crippen molar-refractivity contribution >= 4 is 37.8 Å². The Hall–Kier alpha value is -0.810. The Kier molecular flexibility index (Phi) is 3.91. The minimum atomic E-state index is 0.165. The zero-order valence-corrected chi connectivity index (χ0v) is 14.3. The van der Waals surface area contributed by atoms with Crippen LogP contribution in [0.1, 0.15) is 18.4 Å². The van der Waals surface area contributed by atoms with Crippen LogP contribution in [-0.4, -0.2) is 24.0 Å². The van der Waals surface area contributed by atoms with Crippen molar-refractivity contribution < 1.29 is 9.53 Å². The number of carbonyl (C=O) groups is 1. The molecular weight excluding hydrogens is 386 g/mol. The molecule has 2 fully saturated rings. The molecule has 3 rings (SSSR count). The Labute approximate surface area is 135 Å². The molecular formula is C15H15Br2NO2. The molecule has 0 spiro atoms. The van der Waals surface area contributed by atoms with Crippen LogP contribution < -0.4 is 4.74 Å².